The summed E-state index contributed by atoms with van der Waals surface area (Å²) in [6.45, 7) is 5.19. The molecule has 1 unspecified atom stereocenters. The summed E-state index contributed by atoms with van der Waals surface area (Å²) in [6.07, 6.45) is 11.6. The molecular formula is C14H26N2O. The van der Waals surface area contributed by atoms with Crippen molar-refractivity contribution in [2.75, 3.05) is 0 Å². The van der Waals surface area contributed by atoms with Gasteiger partial charge in [0.15, 0.2) is 0 Å². The molecule has 1 rings (SSSR count). The first-order chi connectivity index (χ1) is 8.26. The molecule has 3 nitrogen and oxygen atoms in total. The van der Waals surface area contributed by atoms with Crippen molar-refractivity contribution in [3.05, 3.63) is 18.0 Å². The van der Waals surface area contributed by atoms with Gasteiger partial charge in [-0.1, -0.05) is 39.0 Å². The summed E-state index contributed by atoms with van der Waals surface area (Å²) in [5.41, 5.74) is 1.15. The number of aliphatic hydroxyl groups excluding tert-OH is 1. The van der Waals surface area contributed by atoms with E-state index in [0.29, 0.717) is 0 Å². The fraction of sp³-hybridized carbons (Fsp3) is 0.786. The summed E-state index contributed by atoms with van der Waals surface area (Å²) in [7, 11) is 0. The zero-order valence-corrected chi connectivity index (χ0v) is 11.2. The van der Waals surface area contributed by atoms with Crippen LogP contribution < -0.4 is 0 Å². The van der Waals surface area contributed by atoms with Crippen LogP contribution in [0.1, 0.15) is 57.9 Å². The number of rotatable bonds is 9. The molecule has 0 aromatic carbocycles. The highest BCUT2D eigenvalue weighted by molar-refractivity contribution is 5.05. The number of hydrogen-bond donors (Lipinski definition) is 1. The van der Waals surface area contributed by atoms with Gasteiger partial charge in [0.2, 0.25) is 0 Å². The molecule has 98 valence electrons. The molecule has 1 atom stereocenters. The highest BCUT2D eigenvalue weighted by Crippen LogP contribution is 2.11. The first-order valence-electron chi connectivity index (χ1n) is 6.95. The van der Waals surface area contributed by atoms with Gasteiger partial charge in [-0.3, -0.25) is 4.68 Å². The van der Waals surface area contributed by atoms with E-state index >= 15 is 0 Å². The largest absolute Gasteiger partial charge is 0.393 e. The summed E-state index contributed by atoms with van der Waals surface area (Å²) in [6, 6.07) is 0. The van der Waals surface area contributed by atoms with Crippen LogP contribution >= 0.6 is 0 Å². The molecule has 0 amide bonds. The average molecular weight is 238 g/mol. The number of aryl methyl sites for hydroxylation is 1. The summed E-state index contributed by atoms with van der Waals surface area (Å²) in [4.78, 5) is 0. The topological polar surface area (TPSA) is 38.1 Å². The summed E-state index contributed by atoms with van der Waals surface area (Å²) in [5, 5.41) is 14.1. The maximum Gasteiger partial charge on any atom is 0.0581 e. The van der Waals surface area contributed by atoms with Crippen LogP contribution in [0.3, 0.4) is 0 Å². The van der Waals surface area contributed by atoms with Crippen molar-refractivity contribution >= 4 is 0 Å². The van der Waals surface area contributed by atoms with Crippen molar-refractivity contribution in [2.45, 2.75) is 71.4 Å². The normalized spacial score (nSPS) is 12.9. The van der Waals surface area contributed by atoms with Crippen molar-refractivity contribution < 1.29 is 5.11 Å². The molecule has 0 saturated carbocycles. The summed E-state index contributed by atoms with van der Waals surface area (Å²) >= 11 is 0. The highest BCUT2D eigenvalue weighted by Gasteiger charge is 2.07. The predicted molar refractivity (Wildman–Crippen MR) is 71.0 cm³/mol. The van der Waals surface area contributed by atoms with Crippen molar-refractivity contribution in [3.63, 3.8) is 0 Å². The number of aliphatic hydroxyl groups is 1. The first-order valence-corrected chi connectivity index (χ1v) is 6.95. The average Bonchev–Trinajstić information content (AvgIpc) is 2.76. The van der Waals surface area contributed by atoms with Crippen LogP contribution in [0, 0.1) is 0 Å². The molecule has 1 aromatic heterocycles. The molecule has 3 heteroatoms. The number of nitrogens with zero attached hydrogens (tertiary/aromatic N) is 2. The van der Waals surface area contributed by atoms with Crippen molar-refractivity contribution in [3.8, 4) is 0 Å². The van der Waals surface area contributed by atoms with Gasteiger partial charge in [-0.15, -0.1) is 0 Å². The molecule has 0 bridgehead atoms. The molecule has 0 spiro atoms. The first kappa shape index (κ1) is 14.2. The van der Waals surface area contributed by atoms with Gasteiger partial charge in [0.05, 0.1) is 12.3 Å². The molecule has 0 fully saturated rings. The Morgan fingerprint density at radius 3 is 2.65 bits per heavy atom. The van der Waals surface area contributed by atoms with E-state index < -0.39 is 0 Å². The zero-order valence-electron chi connectivity index (χ0n) is 11.2. The van der Waals surface area contributed by atoms with Gasteiger partial charge >= 0.3 is 0 Å². The molecule has 1 heterocycles. The second-order valence-corrected chi connectivity index (χ2v) is 4.77. The third-order valence-electron chi connectivity index (χ3n) is 3.12. The predicted octanol–water partition coefficient (Wildman–Crippen LogP) is 3.17. The minimum Gasteiger partial charge on any atom is -0.393 e. The molecular weight excluding hydrogens is 212 g/mol. The van der Waals surface area contributed by atoms with Crippen LogP contribution in [0.5, 0.6) is 0 Å². The number of unbranched alkanes of at least 4 members (excludes halogenated alkanes) is 4. The van der Waals surface area contributed by atoms with E-state index in [2.05, 4.69) is 18.9 Å². The zero-order chi connectivity index (χ0) is 12.5. The number of aromatic nitrogens is 2. The van der Waals surface area contributed by atoms with Crippen molar-refractivity contribution in [2.24, 2.45) is 0 Å². The second kappa shape index (κ2) is 8.29. The lowest BCUT2D eigenvalue weighted by Crippen LogP contribution is -2.09. The Balaban J connectivity index is 2.13. The quantitative estimate of drug-likeness (QED) is 0.671. The van der Waals surface area contributed by atoms with Gasteiger partial charge in [-0.2, -0.15) is 5.10 Å². The van der Waals surface area contributed by atoms with Gasteiger partial charge in [0.1, 0.15) is 0 Å². The lowest BCUT2D eigenvalue weighted by Gasteiger charge is -2.08. The minimum atomic E-state index is -0.203. The molecule has 0 aliphatic carbocycles. The minimum absolute atomic E-state index is 0.203. The van der Waals surface area contributed by atoms with Crippen LogP contribution in [0.4, 0.5) is 0 Å². The monoisotopic (exact) mass is 238 g/mol. The van der Waals surface area contributed by atoms with E-state index in [4.69, 9.17) is 0 Å². The van der Waals surface area contributed by atoms with Gasteiger partial charge in [-0.05, 0) is 18.9 Å². The maximum absolute atomic E-state index is 9.90. The molecule has 1 N–H and O–H groups in total. The molecule has 17 heavy (non-hydrogen) atoms. The van der Waals surface area contributed by atoms with E-state index in [1.807, 2.05) is 17.1 Å². The lowest BCUT2D eigenvalue weighted by molar-refractivity contribution is 0.161. The van der Waals surface area contributed by atoms with Crippen LogP contribution in [0.2, 0.25) is 0 Å². The van der Waals surface area contributed by atoms with Gasteiger partial charge in [0.25, 0.3) is 0 Å². The van der Waals surface area contributed by atoms with Crippen LogP contribution in [-0.2, 0) is 13.0 Å². The van der Waals surface area contributed by atoms with Crippen LogP contribution in [0.25, 0.3) is 0 Å². The second-order valence-electron chi connectivity index (χ2n) is 4.77. The Morgan fingerprint density at radius 1 is 1.24 bits per heavy atom. The maximum atomic E-state index is 9.90. The summed E-state index contributed by atoms with van der Waals surface area (Å²) in [5.74, 6) is 0. The molecule has 0 aliphatic rings. The fourth-order valence-corrected chi connectivity index (χ4v) is 2.04. The van der Waals surface area contributed by atoms with Gasteiger partial charge in [-0.25, -0.2) is 0 Å². The Hall–Kier alpha value is -0.830. The van der Waals surface area contributed by atoms with Gasteiger partial charge in [0, 0.05) is 19.2 Å². The Morgan fingerprint density at radius 2 is 2.00 bits per heavy atom. The lowest BCUT2D eigenvalue weighted by atomic mass is 10.0. The third kappa shape index (κ3) is 5.87. The third-order valence-corrected chi connectivity index (χ3v) is 3.12. The fourth-order valence-electron chi connectivity index (χ4n) is 2.04. The van der Waals surface area contributed by atoms with Crippen molar-refractivity contribution in [1.29, 1.82) is 0 Å². The molecule has 0 aliphatic heterocycles. The molecule has 0 saturated heterocycles. The van der Waals surface area contributed by atoms with E-state index in [1.54, 1.807) is 0 Å². The van der Waals surface area contributed by atoms with E-state index in [-0.39, 0.29) is 6.10 Å². The van der Waals surface area contributed by atoms with E-state index in [9.17, 15) is 5.11 Å². The smallest absolute Gasteiger partial charge is 0.0581 e. The molecule has 0 radical (unpaired) electrons. The van der Waals surface area contributed by atoms with Crippen molar-refractivity contribution in [1.82, 2.24) is 9.78 Å². The summed E-state index contributed by atoms with van der Waals surface area (Å²) < 4.78 is 1.91. The van der Waals surface area contributed by atoms with Gasteiger partial charge < -0.3 is 5.11 Å². The SMILES string of the molecule is CCCCCCCC(O)Cc1cnn(CC)c1. The molecule has 1 aromatic rings. The Kier molecular flexibility index (Phi) is 6.94. The Bertz CT molecular complexity index is 296. The highest BCUT2D eigenvalue weighted by atomic mass is 16.3. The standard InChI is InChI=1S/C14H26N2O/c1-3-5-6-7-8-9-14(17)10-13-11-15-16(4-2)12-13/h11-12,14,17H,3-10H2,1-2H3. The van der Waals surface area contributed by atoms with Crippen LogP contribution in [0.15, 0.2) is 12.4 Å². The van der Waals surface area contributed by atoms with E-state index in [1.165, 1.54) is 25.7 Å². The number of hydrogen-bond acceptors (Lipinski definition) is 2. The Labute approximate surface area is 105 Å². The van der Waals surface area contributed by atoms with E-state index in [0.717, 1.165) is 31.4 Å². The van der Waals surface area contributed by atoms with Crippen LogP contribution in [-0.4, -0.2) is 21.0 Å².